The summed E-state index contributed by atoms with van der Waals surface area (Å²) in [6, 6.07) is 8.66. The Kier molecular flexibility index (Phi) is 4.82. The van der Waals surface area contributed by atoms with Gasteiger partial charge in [-0.15, -0.1) is 0 Å². The number of benzene rings is 2. The molecule has 5 nitrogen and oxygen atoms in total. The molecule has 2 aromatic rings. The van der Waals surface area contributed by atoms with Gasteiger partial charge in [0.15, 0.2) is 0 Å². The quantitative estimate of drug-likeness (QED) is 0.905. The van der Waals surface area contributed by atoms with E-state index in [0.29, 0.717) is 25.9 Å². The number of anilines is 1. The van der Waals surface area contributed by atoms with E-state index in [1.807, 2.05) is 0 Å². The van der Waals surface area contributed by atoms with Crippen molar-refractivity contribution < 1.29 is 22.0 Å². The van der Waals surface area contributed by atoms with E-state index in [9.17, 15) is 22.0 Å². The third-order valence-electron chi connectivity index (χ3n) is 4.00. The molecule has 1 heterocycles. The Hall–Kier alpha value is -2.32. The van der Waals surface area contributed by atoms with E-state index in [0.717, 1.165) is 18.2 Å². The number of carbonyl (C=O) groups is 1. The molecule has 25 heavy (non-hydrogen) atoms. The molecule has 2 aromatic carbocycles. The molecule has 0 aliphatic carbocycles. The average Bonchev–Trinajstić information content (AvgIpc) is 3.12. The normalized spacial score (nSPS) is 15.3. The molecule has 3 rings (SSSR count). The maximum absolute atomic E-state index is 14.1. The fraction of sp³-hybridized carbons (Fsp3) is 0.235. The molecule has 1 amide bonds. The van der Waals surface area contributed by atoms with Crippen molar-refractivity contribution in [3.8, 4) is 0 Å². The predicted molar refractivity (Wildman–Crippen MR) is 88.7 cm³/mol. The first-order valence-corrected chi connectivity index (χ1v) is 9.19. The number of nitrogens with one attached hydrogen (secondary N) is 1. The van der Waals surface area contributed by atoms with Gasteiger partial charge in [0.1, 0.15) is 16.5 Å². The molecule has 1 fully saturated rings. The van der Waals surface area contributed by atoms with Gasteiger partial charge in [0.05, 0.1) is 5.69 Å². The van der Waals surface area contributed by atoms with Crippen LogP contribution in [0.3, 0.4) is 0 Å². The number of nitrogens with zero attached hydrogens (tertiary/aromatic N) is 1. The lowest BCUT2D eigenvalue weighted by molar-refractivity contribution is 0.102. The lowest BCUT2D eigenvalue weighted by Gasteiger charge is -2.16. The second-order valence-corrected chi connectivity index (χ2v) is 7.60. The highest BCUT2D eigenvalue weighted by Gasteiger charge is 2.30. The van der Waals surface area contributed by atoms with E-state index < -0.39 is 32.5 Å². The summed E-state index contributed by atoms with van der Waals surface area (Å²) in [4.78, 5) is 11.7. The van der Waals surface area contributed by atoms with Gasteiger partial charge in [0.2, 0.25) is 10.0 Å². The van der Waals surface area contributed by atoms with Gasteiger partial charge < -0.3 is 5.32 Å². The minimum Gasteiger partial charge on any atom is -0.319 e. The Morgan fingerprint density at radius 2 is 1.68 bits per heavy atom. The molecule has 0 bridgehead atoms. The minimum atomic E-state index is -4.00. The third-order valence-corrected chi connectivity index (χ3v) is 5.91. The van der Waals surface area contributed by atoms with Crippen molar-refractivity contribution in [2.45, 2.75) is 17.7 Å². The predicted octanol–water partition coefficient (Wildman–Crippen LogP) is 3.00. The zero-order chi connectivity index (χ0) is 18.0. The standard InChI is InChI=1S/C17H16F2N2O3S/c18-13-5-1-2-6-15(13)20-17(22)12-7-8-14(19)16(11-12)25(23,24)21-9-3-4-10-21/h1-2,5-8,11H,3-4,9-10H2,(H,20,22). The van der Waals surface area contributed by atoms with Gasteiger partial charge in [-0.3, -0.25) is 4.79 Å². The summed E-state index contributed by atoms with van der Waals surface area (Å²) in [7, 11) is -4.00. The molecule has 1 aliphatic heterocycles. The van der Waals surface area contributed by atoms with Crippen LogP contribution in [-0.4, -0.2) is 31.7 Å². The van der Waals surface area contributed by atoms with Crippen molar-refractivity contribution in [1.82, 2.24) is 4.31 Å². The van der Waals surface area contributed by atoms with Crippen LogP contribution in [0.25, 0.3) is 0 Å². The van der Waals surface area contributed by atoms with Crippen molar-refractivity contribution in [3.63, 3.8) is 0 Å². The number of sulfonamides is 1. The second-order valence-electron chi connectivity index (χ2n) is 5.69. The molecule has 0 atom stereocenters. The number of hydrogen-bond acceptors (Lipinski definition) is 3. The Bertz CT molecular complexity index is 910. The molecule has 0 saturated carbocycles. The van der Waals surface area contributed by atoms with Crippen LogP contribution < -0.4 is 5.32 Å². The Balaban J connectivity index is 1.91. The Morgan fingerprint density at radius 3 is 2.36 bits per heavy atom. The molecule has 0 aromatic heterocycles. The molecule has 0 spiro atoms. The van der Waals surface area contributed by atoms with E-state index in [4.69, 9.17) is 0 Å². The summed E-state index contributed by atoms with van der Waals surface area (Å²) in [6.07, 6.45) is 1.43. The number of halogens is 2. The van der Waals surface area contributed by atoms with Crippen molar-refractivity contribution in [1.29, 1.82) is 0 Å². The van der Waals surface area contributed by atoms with Crippen molar-refractivity contribution in [2.24, 2.45) is 0 Å². The SMILES string of the molecule is O=C(Nc1ccccc1F)c1ccc(F)c(S(=O)(=O)N2CCCC2)c1. The molecule has 1 N–H and O–H groups in total. The Labute approximate surface area is 144 Å². The zero-order valence-electron chi connectivity index (χ0n) is 13.2. The van der Waals surface area contributed by atoms with Gasteiger partial charge in [-0.1, -0.05) is 12.1 Å². The zero-order valence-corrected chi connectivity index (χ0v) is 14.0. The topological polar surface area (TPSA) is 66.5 Å². The third kappa shape index (κ3) is 3.54. The first-order chi connectivity index (χ1) is 11.9. The first-order valence-electron chi connectivity index (χ1n) is 7.75. The molecule has 1 saturated heterocycles. The monoisotopic (exact) mass is 366 g/mol. The number of para-hydroxylation sites is 1. The lowest BCUT2D eigenvalue weighted by Crippen LogP contribution is -2.29. The number of amides is 1. The number of rotatable bonds is 4. The molecule has 8 heteroatoms. The summed E-state index contributed by atoms with van der Waals surface area (Å²) >= 11 is 0. The summed E-state index contributed by atoms with van der Waals surface area (Å²) in [5, 5.41) is 2.35. The van der Waals surface area contributed by atoms with E-state index in [1.54, 1.807) is 6.07 Å². The Morgan fingerprint density at radius 1 is 1.00 bits per heavy atom. The molecular weight excluding hydrogens is 350 g/mol. The van der Waals surface area contributed by atoms with Crippen LogP contribution in [-0.2, 0) is 10.0 Å². The number of hydrogen-bond donors (Lipinski definition) is 1. The fourth-order valence-electron chi connectivity index (χ4n) is 2.67. The van der Waals surface area contributed by atoms with Crippen LogP contribution in [0.5, 0.6) is 0 Å². The van der Waals surface area contributed by atoms with E-state index >= 15 is 0 Å². The van der Waals surface area contributed by atoms with Crippen LogP contribution in [0, 0.1) is 11.6 Å². The molecule has 0 unspecified atom stereocenters. The summed E-state index contributed by atoms with van der Waals surface area (Å²) in [5.41, 5.74) is -0.108. The maximum atomic E-state index is 14.1. The minimum absolute atomic E-state index is 0.0409. The van der Waals surface area contributed by atoms with Crippen molar-refractivity contribution in [3.05, 3.63) is 59.7 Å². The van der Waals surface area contributed by atoms with Gasteiger partial charge in [0.25, 0.3) is 5.91 Å². The van der Waals surface area contributed by atoms with E-state index in [2.05, 4.69) is 5.32 Å². The average molecular weight is 366 g/mol. The van der Waals surface area contributed by atoms with Gasteiger partial charge in [-0.05, 0) is 43.2 Å². The fourth-order valence-corrected chi connectivity index (χ4v) is 4.27. The molecular formula is C17H16F2N2O3S. The highest BCUT2D eigenvalue weighted by atomic mass is 32.2. The lowest BCUT2D eigenvalue weighted by atomic mass is 10.2. The summed E-state index contributed by atoms with van der Waals surface area (Å²) in [6.45, 7) is 0.654. The van der Waals surface area contributed by atoms with E-state index in [1.165, 1.54) is 22.5 Å². The highest BCUT2D eigenvalue weighted by molar-refractivity contribution is 7.89. The smallest absolute Gasteiger partial charge is 0.255 e. The van der Waals surface area contributed by atoms with Gasteiger partial charge in [-0.25, -0.2) is 17.2 Å². The molecule has 1 aliphatic rings. The first kappa shape index (κ1) is 17.5. The van der Waals surface area contributed by atoms with E-state index in [-0.39, 0.29) is 11.3 Å². The van der Waals surface area contributed by atoms with Crippen LogP contribution in [0.1, 0.15) is 23.2 Å². The van der Waals surface area contributed by atoms with Crippen LogP contribution in [0.4, 0.5) is 14.5 Å². The number of carbonyl (C=O) groups excluding carboxylic acids is 1. The van der Waals surface area contributed by atoms with Gasteiger partial charge in [0, 0.05) is 18.7 Å². The molecule has 132 valence electrons. The highest BCUT2D eigenvalue weighted by Crippen LogP contribution is 2.24. The van der Waals surface area contributed by atoms with Crippen LogP contribution in [0.15, 0.2) is 47.4 Å². The van der Waals surface area contributed by atoms with Gasteiger partial charge >= 0.3 is 0 Å². The molecule has 0 radical (unpaired) electrons. The van der Waals surface area contributed by atoms with Crippen molar-refractivity contribution in [2.75, 3.05) is 18.4 Å². The van der Waals surface area contributed by atoms with Crippen LogP contribution >= 0.6 is 0 Å². The van der Waals surface area contributed by atoms with Crippen molar-refractivity contribution >= 4 is 21.6 Å². The largest absolute Gasteiger partial charge is 0.319 e. The maximum Gasteiger partial charge on any atom is 0.255 e. The summed E-state index contributed by atoms with van der Waals surface area (Å²) in [5.74, 6) is -2.26. The second kappa shape index (κ2) is 6.89. The van der Waals surface area contributed by atoms with Crippen LogP contribution in [0.2, 0.25) is 0 Å². The van der Waals surface area contributed by atoms with Gasteiger partial charge in [-0.2, -0.15) is 4.31 Å². The summed E-state index contributed by atoms with van der Waals surface area (Å²) < 4.78 is 54.0.